The number of para-hydroxylation sites is 1. The van der Waals surface area contributed by atoms with Crippen LogP contribution in [-0.2, 0) is 0 Å². The third-order valence-corrected chi connectivity index (χ3v) is 3.84. The first-order valence-corrected chi connectivity index (χ1v) is 7.90. The van der Waals surface area contributed by atoms with Gasteiger partial charge in [0, 0.05) is 0 Å². The Morgan fingerprint density at radius 1 is 1.12 bits per heavy atom. The summed E-state index contributed by atoms with van der Waals surface area (Å²) >= 11 is 0. The molecule has 1 N–H and O–H groups in total. The zero-order chi connectivity index (χ0) is 17.2. The second-order valence-corrected chi connectivity index (χ2v) is 5.67. The number of anilines is 1. The molecule has 7 heteroatoms. The van der Waals surface area contributed by atoms with Crippen molar-refractivity contribution in [2.75, 3.05) is 18.5 Å². The molecular formula is C18H16N4O3. The van der Waals surface area contributed by atoms with E-state index in [1.807, 2.05) is 31.2 Å². The highest BCUT2D eigenvalue weighted by Crippen LogP contribution is 2.37. The molecule has 0 unspecified atom stereocenters. The fraction of sp³-hybridized carbons (Fsp3) is 0.167. The second-order valence-electron chi connectivity index (χ2n) is 5.67. The van der Waals surface area contributed by atoms with Crippen molar-refractivity contribution in [2.24, 2.45) is 0 Å². The molecule has 0 radical (unpaired) electrons. The van der Waals surface area contributed by atoms with Crippen LogP contribution in [0.25, 0.3) is 5.69 Å². The van der Waals surface area contributed by atoms with Gasteiger partial charge in [0.1, 0.15) is 13.2 Å². The minimum atomic E-state index is -0.360. The number of aromatic nitrogens is 3. The van der Waals surface area contributed by atoms with Gasteiger partial charge >= 0.3 is 0 Å². The molecular weight excluding hydrogens is 320 g/mol. The number of rotatable bonds is 3. The summed E-state index contributed by atoms with van der Waals surface area (Å²) in [6.07, 6.45) is 1.59. The molecule has 0 saturated heterocycles. The number of carbonyl (C=O) groups excluding carboxylic acids is 1. The van der Waals surface area contributed by atoms with E-state index in [2.05, 4.69) is 15.6 Å². The summed E-state index contributed by atoms with van der Waals surface area (Å²) in [5.74, 6) is 0.793. The number of benzene rings is 2. The van der Waals surface area contributed by atoms with E-state index in [0.717, 1.165) is 11.3 Å². The van der Waals surface area contributed by atoms with Gasteiger partial charge in [-0.3, -0.25) is 4.79 Å². The lowest BCUT2D eigenvalue weighted by atomic mass is 10.2. The minimum Gasteiger partial charge on any atom is -0.486 e. The summed E-state index contributed by atoms with van der Waals surface area (Å²) in [5, 5.41) is 10.8. The van der Waals surface area contributed by atoms with E-state index in [4.69, 9.17) is 9.47 Å². The van der Waals surface area contributed by atoms with Crippen molar-refractivity contribution in [2.45, 2.75) is 6.92 Å². The van der Waals surface area contributed by atoms with Crippen LogP contribution < -0.4 is 14.8 Å². The van der Waals surface area contributed by atoms with Crippen LogP contribution in [0, 0.1) is 6.92 Å². The number of ether oxygens (including phenoxy) is 2. The lowest BCUT2D eigenvalue weighted by molar-refractivity contribution is 0.102. The lowest BCUT2D eigenvalue weighted by Crippen LogP contribution is -2.19. The highest BCUT2D eigenvalue weighted by molar-refractivity contribution is 6.03. The summed E-state index contributed by atoms with van der Waals surface area (Å²) < 4.78 is 12.7. The topological polar surface area (TPSA) is 78.3 Å². The molecule has 3 aromatic rings. The van der Waals surface area contributed by atoms with Crippen molar-refractivity contribution in [3.63, 3.8) is 0 Å². The second kappa shape index (κ2) is 6.27. The zero-order valence-corrected chi connectivity index (χ0v) is 13.6. The lowest BCUT2D eigenvalue weighted by Gasteiger charge is -2.20. The molecule has 0 spiro atoms. The van der Waals surface area contributed by atoms with Crippen LogP contribution in [0.5, 0.6) is 11.5 Å². The Morgan fingerprint density at radius 3 is 2.76 bits per heavy atom. The Balaban J connectivity index is 1.55. The van der Waals surface area contributed by atoms with Crippen LogP contribution in [0.15, 0.2) is 48.7 Å². The number of hydrogen-bond acceptors (Lipinski definition) is 5. The van der Waals surface area contributed by atoms with Gasteiger partial charge in [-0.15, -0.1) is 5.10 Å². The van der Waals surface area contributed by atoms with E-state index >= 15 is 0 Å². The first-order chi connectivity index (χ1) is 12.2. The van der Waals surface area contributed by atoms with Crippen LogP contribution >= 0.6 is 0 Å². The van der Waals surface area contributed by atoms with Gasteiger partial charge in [0.15, 0.2) is 17.2 Å². The first kappa shape index (κ1) is 15.2. The summed E-state index contributed by atoms with van der Waals surface area (Å²) in [7, 11) is 0. The Bertz CT molecular complexity index is 918. The van der Waals surface area contributed by atoms with E-state index in [1.54, 1.807) is 29.1 Å². The van der Waals surface area contributed by atoms with Crippen molar-refractivity contribution < 1.29 is 14.3 Å². The highest BCUT2D eigenvalue weighted by atomic mass is 16.6. The van der Waals surface area contributed by atoms with Gasteiger partial charge in [0.05, 0.1) is 17.6 Å². The van der Waals surface area contributed by atoms with Crippen LogP contribution in [0.1, 0.15) is 16.1 Å². The Morgan fingerprint density at radius 2 is 1.92 bits per heavy atom. The molecule has 2 heterocycles. The average Bonchev–Trinajstić information content (AvgIpc) is 3.13. The van der Waals surface area contributed by atoms with Crippen molar-refractivity contribution in [3.8, 4) is 17.2 Å². The van der Waals surface area contributed by atoms with Crippen molar-refractivity contribution in [3.05, 3.63) is 59.9 Å². The van der Waals surface area contributed by atoms with E-state index in [9.17, 15) is 4.79 Å². The molecule has 0 fully saturated rings. The van der Waals surface area contributed by atoms with Gasteiger partial charge in [0.25, 0.3) is 5.91 Å². The largest absolute Gasteiger partial charge is 0.486 e. The fourth-order valence-corrected chi connectivity index (χ4v) is 2.55. The third-order valence-electron chi connectivity index (χ3n) is 3.84. The number of nitrogens with one attached hydrogen (secondary N) is 1. The fourth-order valence-electron chi connectivity index (χ4n) is 2.55. The van der Waals surface area contributed by atoms with Gasteiger partial charge in [-0.25, -0.2) is 4.68 Å². The zero-order valence-electron chi connectivity index (χ0n) is 13.6. The molecule has 1 aliphatic heterocycles. The molecule has 1 aromatic heterocycles. The summed E-state index contributed by atoms with van der Waals surface area (Å²) in [5.41, 5.74) is 2.76. The molecule has 126 valence electrons. The van der Waals surface area contributed by atoms with Gasteiger partial charge < -0.3 is 14.8 Å². The molecule has 25 heavy (non-hydrogen) atoms. The van der Waals surface area contributed by atoms with E-state index in [-0.39, 0.29) is 11.6 Å². The SMILES string of the molecule is Cc1ccc(-n2cc(C(=O)Nc3cccc4c3OCCO4)nn2)cc1. The predicted octanol–water partition coefficient (Wildman–Crippen LogP) is 2.60. The molecule has 0 saturated carbocycles. The molecule has 0 atom stereocenters. The predicted molar refractivity (Wildman–Crippen MR) is 91.5 cm³/mol. The third kappa shape index (κ3) is 3.03. The number of amides is 1. The Kier molecular flexibility index (Phi) is 3.81. The van der Waals surface area contributed by atoms with E-state index < -0.39 is 0 Å². The molecule has 7 nitrogen and oxygen atoms in total. The number of aryl methyl sites for hydroxylation is 1. The van der Waals surface area contributed by atoms with Gasteiger partial charge in [-0.05, 0) is 31.2 Å². The number of carbonyl (C=O) groups is 1. The molecule has 0 aliphatic carbocycles. The summed E-state index contributed by atoms with van der Waals surface area (Å²) in [4.78, 5) is 12.5. The van der Waals surface area contributed by atoms with Crippen molar-refractivity contribution in [1.82, 2.24) is 15.0 Å². The molecule has 1 amide bonds. The van der Waals surface area contributed by atoms with E-state index in [0.29, 0.717) is 30.4 Å². The smallest absolute Gasteiger partial charge is 0.277 e. The Hall–Kier alpha value is -3.35. The number of fused-ring (bicyclic) bond motifs is 1. The van der Waals surface area contributed by atoms with Crippen LogP contribution in [0.4, 0.5) is 5.69 Å². The average molecular weight is 336 g/mol. The van der Waals surface area contributed by atoms with Crippen molar-refractivity contribution in [1.29, 1.82) is 0 Å². The van der Waals surface area contributed by atoms with Gasteiger partial charge in [-0.2, -0.15) is 0 Å². The van der Waals surface area contributed by atoms with Crippen LogP contribution in [0.3, 0.4) is 0 Å². The monoisotopic (exact) mass is 336 g/mol. The normalized spacial score (nSPS) is 12.7. The maximum absolute atomic E-state index is 12.5. The molecule has 4 rings (SSSR count). The first-order valence-electron chi connectivity index (χ1n) is 7.90. The van der Waals surface area contributed by atoms with Crippen LogP contribution in [0.2, 0.25) is 0 Å². The van der Waals surface area contributed by atoms with Gasteiger partial charge in [0.2, 0.25) is 0 Å². The molecule has 1 aliphatic rings. The summed E-state index contributed by atoms with van der Waals surface area (Å²) in [6.45, 7) is 2.95. The number of hydrogen-bond donors (Lipinski definition) is 1. The highest BCUT2D eigenvalue weighted by Gasteiger charge is 2.19. The maximum Gasteiger partial charge on any atom is 0.277 e. The van der Waals surface area contributed by atoms with Gasteiger partial charge in [-0.1, -0.05) is 29.0 Å². The van der Waals surface area contributed by atoms with Crippen molar-refractivity contribution >= 4 is 11.6 Å². The molecule has 0 bridgehead atoms. The summed E-state index contributed by atoms with van der Waals surface area (Å²) in [6, 6.07) is 13.2. The maximum atomic E-state index is 12.5. The number of nitrogens with zero attached hydrogens (tertiary/aromatic N) is 3. The Labute approximate surface area is 144 Å². The molecule has 2 aromatic carbocycles. The van der Waals surface area contributed by atoms with Crippen LogP contribution in [-0.4, -0.2) is 34.1 Å². The minimum absolute atomic E-state index is 0.218. The van der Waals surface area contributed by atoms with E-state index in [1.165, 1.54) is 0 Å². The standard InChI is InChI=1S/C18H16N4O3/c1-12-5-7-13(8-6-12)22-11-15(20-21-22)18(23)19-14-3-2-4-16-17(14)25-10-9-24-16/h2-8,11H,9-10H2,1H3,(H,19,23). The quantitative estimate of drug-likeness (QED) is 0.795.